The zero-order chi connectivity index (χ0) is 24.2. The number of sulfone groups is 1. The monoisotopic (exact) mass is 490 g/mol. The number of thiazole rings is 1. The number of aromatic nitrogens is 1. The molecule has 0 saturated heterocycles. The number of rotatable bonds is 8. The van der Waals surface area contributed by atoms with Crippen molar-refractivity contribution in [2.24, 2.45) is 4.99 Å². The number of carbonyl (C=O) groups excluding carboxylic acids is 2. The largest absolute Gasteiger partial charge is 0.494 e. The van der Waals surface area contributed by atoms with Crippen LogP contribution in [0, 0.1) is 0 Å². The lowest BCUT2D eigenvalue weighted by Gasteiger charge is -2.08. The van der Waals surface area contributed by atoms with Crippen LogP contribution in [0.3, 0.4) is 0 Å². The van der Waals surface area contributed by atoms with Crippen LogP contribution in [0.15, 0.2) is 52.4 Å². The fourth-order valence-electron chi connectivity index (χ4n) is 3.09. The smallest absolute Gasteiger partial charge is 0.326 e. The number of ether oxygens (including phenoxy) is 2. The van der Waals surface area contributed by atoms with Crippen molar-refractivity contribution in [1.82, 2.24) is 4.57 Å². The number of nitrogens with zero attached hydrogens (tertiary/aromatic N) is 2. The molecule has 33 heavy (non-hydrogen) atoms. The maximum absolute atomic E-state index is 12.9. The van der Waals surface area contributed by atoms with E-state index in [1.165, 1.54) is 35.6 Å². The minimum absolute atomic E-state index is 0.0977. The van der Waals surface area contributed by atoms with E-state index in [-0.39, 0.29) is 23.6 Å². The van der Waals surface area contributed by atoms with Gasteiger partial charge >= 0.3 is 5.97 Å². The highest BCUT2D eigenvalue weighted by Gasteiger charge is 2.19. The van der Waals surface area contributed by atoms with Crippen molar-refractivity contribution in [3.63, 3.8) is 0 Å². The van der Waals surface area contributed by atoms with Gasteiger partial charge in [-0.3, -0.25) is 9.59 Å². The molecule has 0 aliphatic rings. The van der Waals surface area contributed by atoms with Gasteiger partial charge in [0, 0.05) is 5.56 Å². The van der Waals surface area contributed by atoms with Gasteiger partial charge in [0.25, 0.3) is 5.91 Å². The van der Waals surface area contributed by atoms with Crippen LogP contribution in [-0.4, -0.2) is 43.3 Å². The SMILES string of the molecule is CCOC(=O)Cn1c(=NC(=O)c2ccc(S(=O)(=O)C(C)C)cc2)sc2cc(OCC)ccc21. The van der Waals surface area contributed by atoms with E-state index in [4.69, 9.17) is 9.47 Å². The highest BCUT2D eigenvalue weighted by molar-refractivity contribution is 7.92. The van der Waals surface area contributed by atoms with Crippen LogP contribution < -0.4 is 9.54 Å². The summed E-state index contributed by atoms with van der Waals surface area (Å²) in [5, 5.41) is -0.564. The Morgan fingerprint density at radius 1 is 1.06 bits per heavy atom. The van der Waals surface area contributed by atoms with E-state index in [0.29, 0.717) is 17.2 Å². The van der Waals surface area contributed by atoms with Crippen molar-refractivity contribution in [3.05, 3.63) is 52.8 Å². The second kappa shape index (κ2) is 10.3. The van der Waals surface area contributed by atoms with Gasteiger partial charge < -0.3 is 14.0 Å². The molecule has 0 bridgehead atoms. The molecule has 2 aromatic carbocycles. The van der Waals surface area contributed by atoms with Crippen molar-refractivity contribution in [1.29, 1.82) is 0 Å². The van der Waals surface area contributed by atoms with E-state index in [9.17, 15) is 18.0 Å². The minimum Gasteiger partial charge on any atom is -0.494 e. The Hall–Kier alpha value is -2.98. The Kier molecular flexibility index (Phi) is 7.70. The Morgan fingerprint density at radius 2 is 1.76 bits per heavy atom. The van der Waals surface area contributed by atoms with Gasteiger partial charge in [-0.25, -0.2) is 8.42 Å². The zero-order valence-electron chi connectivity index (χ0n) is 18.9. The molecule has 176 valence electrons. The molecule has 10 heteroatoms. The molecule has 8 nitrogen and oxygen atoms in total. The summed E-state index contributed by atoms with van der Waals surface area (Å²) >= 11 is 1.25. The number of esters is 1. The first-order valence-electron chi connectivity index (χ1n) is 10.5. The van der Waals surface area contributed by atoms with Crippen LogP contribution in [-0.2, 0) is 25.9 Å². The fourth-order valence-corrected chi connectivity index (χ4v) is 5.21. The molecule has 1 heterocycles. The van der Waals surface area contributed by atoms with Crippen molar-refractivity contribution in [2.75, 3.05) is 13.2 Å². The van der Waals surface area contributed by atoms with Crippen molar-refractivity contribution >= 4 is 43.3 Å². The van der Waals surface area contributed by atoms with Gasteiger partial charge in [0.2, 0.25) is 0 Å². The lowest BCUT2D eigenvalue weighted by atomic mass is 10.2. The van der Waals surface area contributed by atoms with Crippen LogP contribution in [0.5, 0.6) is 5.75 Å². The first kappa shape index (κ1) is 24.7. The Balaban J connectivity index is 2.04. The highest BCUT2D eigenvalue weighted by Crippen LogP contribution is 2.24. The predicted octanol–water partition coefficient (Wildman–Crippen LogP) is 3.59. The van der Waals surface area contributed by atoms with E-state index < -0.39 is 27.0 Å². The van der Waals surface area contributed by atoms with Gasteiger partial charge in [0.05, 0.1) is 33.6 Å². The van der Waals surface area contributed by atoms with Crippen LogP contribution >= 0.6 is 11.3 Å². The van der Waals surface area contributed by atoms with Gasteiger partial charge in [-0.15, -0.1) is 0 Å². The molecule has 1 aromatic heterocycles. The zero-order valence-corrected chi connectivity index (χ0v) is 20.5. The second-order valence-corrected chi connectivity index (χ2v) is 10.9. The minimum atomic E-state index is -3.44. The summed E-state index contributed by atoms with van der Waals surface area (Å²) in [5.74, 6) is -0.310. The predicted molar refractivity (Wildman–Crippen MR) is 126 cm³/mol. The number of hydrogen-bond acceptors (Lipinski definition) is 7. The first-order valence-corrected chi connectivity index (χ1v) is 12.9. The maximum atomic E-state index is 12.9. The summed E-state index contributed by atoms with van der Waals surface area (Å²) in [4.78, 5) is 29.7. The van der Waals surface area contributed by atoms with Crippen LogP contribution in [0.4, 0.5) is 0 Å². The van der Waals surface area contributed by atoms with Crippen LogP contribution in [0.2, 0.25) is 0 Å². The van der Waals surface area contributed by atoms with E-state index in [0.717, 1.165) is 10.2 Å². The van der Waals surface area contributed by atoms with Crippen LogP contribution in [0.25, 0.3) is 10.2 Å². The van der Waals surface area contributed by atoms with Gasteiger partial charge in [0.15, 0.2) is 14.6 Å². The Morgan fingerprint density at radius 3 is 2.36 bits per heavy atom. The lowest BCUT2D eigenvalue weighted by Crippen LogP contribution is -2.23. The summed E-state index contributed by atoms with van der Waals surface area (Å²) < 4.78 is 37.7. The molecule has 0 unspecified atom stereocenters. The summed E-state index contributed by atoms with van der Waals surface area (Å²) in [5.41, 5.74) is 0.967. The number of fused-ring (bicyclic) bond motifs is 1. The Labute approximate surface area is 196 Å². The van der Waals surface area contributed by atoms with Crippen molar-refractivity contribution < 1.29 is 27.5 Å². The van der Waals surface area contributed by atoms with Gasteiger partial charge in [-0.05, 0) is 70.2 Å². The van der Waals surface area contributed by atoms with Crippen molar-refractivity contribution in [2.45, 2.75) is 44.4 Å². The molecular weight excluding hydrogens is 464 g/mol. The first-order chi connectivity index (χ1) is 15.7. The molecule has 0 spiro atoms. The van der Waals surface area contributed by atoms with E-state index >= 15 is 0 Å². The fraction of sp³-hybridized carbons (Fsp3) is 0.348. The summed E-state index contributed by atoms with van der Waals surface area (Å²) in [6.45, 7) is 7.47. The third kappa shape index (κ3) is 5.51. The molecule has 0 saturated carbocycles. The number of carbonyl (C=O) groups is 2. The number of benzene rings is 2. The summed E-state index contributed by atoms with van der Waals surface area (Å²) in [7, 11) is -3.44. The molecule has 3 aromatic rings. The average Bonchev–Trinajstić information content (AvgIpc) is 3.10. The number of hydrogen-bond donors (Lipinski definition) is 0. The van der Waals surface area contributed by atoms with Gasteiger partial charge in [-0.1, -0.05) is 11.3 Å². The molecular formula is C23H26N2O6S2. The second-order valence-electron chi connectivity index (χ2n) is 7.37. The highest BCUT2D eigenvalue weighted by atomic mass is 32.2. The maximum Gasteiger partial charge on any atom is 0.326 e. The number of amides is 1. The topological polar surface area (TPSA) is 104 Å². The quantitative estimate of drug-likeness (QED) is 0.447. The molecule has 0 fully saturated rings. The molecule has 0 N–H and O–H groups in total. The standard InChI is InChI=1S/C23H26N2O6S2/c1-5-30-17-9-12-19-20(13-17)32-23(25(19)14-21(26)31-6-2)24-22(27)16-7-10-18(11-8-16)33(28,29)15(3)4/h7-13,15H,5-6,14H2,1-4H3. The molecule has 0 aliphatic carbocycles. The summed E-state index contributed by atoms with van der Waals surface area (Å²) in [6, 6.07) is 11.1. The molecule has 0 aliphatic heterocycles. The molecule has 0 radical (unpaired) electrons. The molecule has 1 amide bonds. The van der Waals surface area contributed by atoms with E-state index in [1.54, 1.807) is 31.4 Å². The third-order valence-electron chi connectivity index (χ3n) is 4.81. The van der Waals surface area contributed by atoms with Gasteiger partial charge in [0.1, 0.15) is 12.3 Å². The summed E-state index contributed by atoms with van der Waals surface area (Å²) in [6.07, 6.45) is 0. The third-order valence-corrected chi connectivity index (χ3v) is 8.02. The lowest BCUT2D eigenvalue weighted by molar-refractivity contribution is -0.143. The van der Waals surface area contributed by atoms with Gasteiger partial charge in [-0.2, -0.15) is 4.99 Å². The van der Waals surface area contributed by atoms with E-state index in [2.05, 4.69) is 4.99 Å². The molecule has 3 rings (SSSR count). The average molecular weight is 491 g/mol. The molecule has 0 atom stereocenters. The Bertz CT molecular complexity index is 1340. The van der Waals surface area contributed by atoms with Crippen molar-refractivity contribution in [3.8, 4) is 5.75 Å². The van der Waals surface area contributed by atoms with Crippen LogP contribution in [0.1, 0.15) is 38.1 Å². The normalized spacial score (nSPS) is 12.3. The van der Waals surface area contributed by atoms with E-state index in [1.807, 2.05) is 19.1 Å².